The number of rotatable bonds is 4. The summed E-state index contributed by atoms with van der Waals surface area (Å²) in [6.45, 7) is 0. The van der Waals surface area contributed by atoms with Crippen molar-refractivity contribution in [1.82, 2.24) is 5.27 Å². The van der Waals surface area contributed by atoms with Crippen molar-refractivity contribution in [2.24, 2.45) is 0 Å². The Morgan fingerprint density at radius 3 is 2.41 bits per heavy atom. The normalized spacial score (nSPS) is 10.9. The second-order valence-electron chi connectivity index (χ2n) is 4.67. The second kappa shape index (κ2) is 6.05. The van der Waals surface area contributed by atoms with Crippen LogP contribution in [0.5, 0.6) is 0 Å². The topological polar surface area (TPSA) is 66.9 Å². The van der Waals surface area contributed by atoms with Gasteiger partial charge in [-0.2, -0.15) is 0 Å². The fraction of sp³-hybridized carbons (Fsp3) is 0. The number of benzene rings is 2. The summed E-state index contributed by atoms with van der Waals surface area (Å²) < 4.78 is 6.03. The number of ketones is 1. The van der Waals surface area contributed by atoms with Crippen molar-refractivity contribution in [2.75, 3.05) is 0 Å². The van der Waals surface area contributed by atoms with Crippen molar-refractivity contribution in [3.05, 3.63) is 88.4 Å². The minimum Gasteiger partial charge on any atom is -0.289 e. The monoisotopic (exact) mass is 293 g/mol. The molecule has 3 aromatic rings. The molecule has 22 heavy (non-hydrogen) atoms. The van der Waals surface area contributed by atoms with E-state index >= 15 is 0 Å². The minimum atomic E-state index is -0.467. The van der Waals surface area contributed by atoms with Gasteiger partial charge in [-0.05, 0) is 33.7 Å². The van der Waals surface area contributed by atoms with E-state index in [4.69, 9.17) is 0 Å². The summed E-state index contributed by atoms with van der Waals surface area (Å²) in [5.41, 5.74) is 1.78. The van der Waals surface area contributed by atoms with Gasteiger partial charge in [-0.25, -0.2) is 4.79 Å². The molecule has 0 spiro atoms. The highest BCUT2D eigenvalue weighted by molar-refractivity contribution is 6.06. The summed E-state index contributed by atoms with van der Waals surface area (Å²) in [7, 11) is 0. The van der Waals surface area contributed by atoms with Crippen molar-refractivity contribution in [2.45, 2.75) is 0 Å². The Bertz CT molecular complexity index is 859. The van der Waals surface area contributed by atoms with Gasteiger partial charge in [0.2, 0.25) is 5.69 Å². The summed E-state index contributed by atoms with van der Waals surface area (Å²) in [6, 6.07) is 16.5. The summed E-state index contributed by atoms with van der Waals surface area (Å²) in [6.07, 6.45) is 4.60. The van der Waals surface area contributed by atoms with Crippen LogP contribution in [0.15, 0.2) is 76.2 Å². The quantitative estimate of drug-likeness (QED) is 0.455. The van der Waals surface area contributed by atoms with E-state index in [1.165, 1.54) is 17.0 Å². The predicted octanol–water partition coefficient (Wildman–Crippen LogP) is 2.14. The maximum atomic E-state index is 12.1. The molecule has 0 fully saturated rings. The van der Waals surface area contributed by atoms with Crippen LogP contribution in [0.3, 0.4) is 0 Å². The highest BCUT2D eigenvalue weighted by atomic mass is 16.5. The van der Waals surface area contributed by atoms with E-state index in [1.54, 1.807) is 30.3 Å². The molecule has 0 saturated carbocycles. The Labute approximate surface area is 126 Å². The number of carbonyl (C=O) groups is 1. The lowest BCUT2D eigenvalue weighted by molar-refractivity contribution is -0.670. The first-order chi connectivity index (χ1) is 10.7. The Balaban J connectivity index is 1.76. The first-order valence-electron chi connectivity index (χ1n) is 6.70. The molecule has 2 aromatic carbocycles. The molecule has 0 aliphatic carbocycles. The summed E-state index contributed by atoms with van der Waals surface area (Å²) in [4.78, 5) is 23.1. The molecular weight excluding hydrogens is 280 g/mol. The zero-order valence-corrected chi connectivity index (χ0v) is 11.6. The summed E-state index contributed by atoms with van der Waals surface area (Å²) >= 11 is 0. The molecule has 108 valence electrons. The third-order valence-corrected chi connectivity index (χ3v) is 3.14. The van der Waals surface area contributed by atoms with Gasteiger partial charge in [-0.15, -0.1) is 0 Å². The number of nitrogens with one attached hydrogen (secondary N) is 1. The molecule has 1 heterocycles. The van der Waals surface area contributed by atoms with Crippen LogP contribution >= 0.6 is 0 Å². The number of hydrogen-bond donors (Lipinski definition) is 1. The van der Waals surface area contributed by atoms with Crippen LogP contribution in [-0.4, -0.2) is 11.1 Å². The molecule has 0 radical (unpaired) electrons. The van der Waals surface area contributed by atoms with Crippen molar-refractivity contribution in [1.29, 1.82) is 0 Å². The molecule has 0 atom stereocenters. The fourth-order valence-corrected chi connectivity index (χ4v) is 2.00. The lowest BCUT2D eigenvalue weighted by Gasteiger charge is -1.96. The largest absolute Gasteiger partial charge is 0.427 e. The molecule has 5 heteroatoms. The number of nitrogens with zero attached hydrogens (tertiary/aromatic N) is 1. The molecule has 1 N–H and O–H groups in total. The molecule has 0 unspecified atom stereocenters. The van der Waals surface area contributed by atoms with E-state index in [-0.39, 0.29) is 5.78 Å². The maximum absolute atomic E-state index is 12.1. The van der Waals surface area contributed by atoms with E-state index < -0.39 is 5.63 Å². The van der Waals surface area contributed by atoms with Crippen LogP contribution in [0.2, 0.25) is 0 Å². The summed E-state index contributed by atoms with van der Waals surface area (Å²) in [5.74, 6) is -0.0823. The predicted molar refractivity (Wildman–Crippen MR) is 80.7 cm³/mol. The SMILES string of the molecule is O=C(/C=C/c1ccccc1)c1ccc(-[n+]2cc(=O)o[nH]2)cc1. The number of H-pyrrole nitrogens is 1. The van der Waals surface area contributed by atoms with Crippen LogP contribution in [0.25, 0.3) is 11.8 Å². The van der Waals surface area contributed by atoms with Crippen LogP contribution < -0.4 is 10.3 Å². The van der Waals surface area contributed by atoms with E-state index in [0.29, 0.717) is 11.3 Å². The van der Waals surface area contributed by atoms with Crippen LogP contribution in [0.4, 0.5) is 0 Å². The second-order valence-corrected chi connectivity index (χ2v) is 4.67. The third-order valence-electron chi connectivity index (χ3n) is 3.14. The average Bonchev–Trinajstić information content (AvgIpc) is 3.00. The minimum absolute atomic E-state index is 0.0823. The van der Waals surface area contributed by atoms with Gasteiger partial charge in [0.05, 0.1) is 0 Å². The standard InChI is InChI=1S/C17H12N2O3/c20-16(11-6-13-4-2-1-3-5-13)14-7-9-15(10-8-14)19-12-17(21)22-18-19/h1-12H/p+1/b11-6+. The van der Waals surface area contributed by atoms with Gasteiger partial charge in [0.15, 0.2) is 5.78 Å². The van der Waals surface area contributed by atoms with Gasteiger partial charge >= 0.3 is 5.63 Å². The van der Waals surface area contributed by atoms with E-state index in [9.17, 15) is 9.59 Å². The molecular formula is C17H13N2O3+. The van der Waals surface area contributed by atoms with Crippen molar-refractivity contribution < 1.29 is 14.0 Å². The maximum Gasteiger partial charge on any atom is 0.427 e. The molecule has 0 aliphatic rings. The van der Waals surface area contributed by atoms with E-state index in [2.05, 4.69) is 9.79 Å². The lowest BCUT2D eigenvalue weighted by atomic mass is 10.1. The van der Waals surface area contributed by atoms with Gasteiger partial charge in [0.25, 0.3) is 6.20 Å². The zero-order valence-electron chi connectivity index (χ0n) is 11.6. The van der Waals surface area contributed by atoms with Crippen molar-refractivity contribution in [3.8, 4) is 5.69 Å². The number of aromatic amines is 1. The molecule has 0 bridgehead atoms. The lowest BCUT2D eigenvalue weighted by Crippen LogP contribution is -2.32. The Kier molecular flexibility index (Phi) is 3.78. The molecule has 5 nitrogen and oxygen atoms in total. The van der Waals surface area contributed by atoms with Crippen LogP contribution in [0.1, 0.15) is 15.9 Å². The number of carbonyl (C=O) groups excluding carboxylic acids is 1. The first-order valence-corrected chi connectivity index (χ1v) is 6.70. The zero-order chi connectivity index (χ0) is 15.4. The van der Waals surface area contributed by atoms with Crippen molar-refractivity contribution >= 4 is 11.9 Å². The average molecular weight is 293 g/mol. The Hall–Kier alpha value is -3.21. The molecule has 0 amide bonds. The van der Waals surface area contributed by atoms with E-state index in [1.807, 2.05) is 30.3 Å². The van der Waals surface area contributed by atoms with Crippen LogP contribution in [0, 0.1) is 0 Å². The molecule has 3 rings (SSSR count). The van der Waals surface area contributed by atoms with Crippen molar-refractivity contribution in [3.63, 3.8) is 0 Å². The fourth-order valence-electron chi connectivity index (χ4n) is 2.00. The van der Waals surface area contributed by atoms with Gasteiger partial charge in [-0.3, -0.25) is 9.32 Å². The first kappa shape index (κ1) is 13.8. The van der Waals surface area contributed by atoms with E-state index in [0.717, 1.165) is 5.56 Å². The van der Waals surface area contributed by atoms with Gasteiger partial charge in [-0.1, -0.05) is 36.4 Å². The van der Waals surface area contributed by atoms with Crippen LogP contribution in [-0.2, 0) is 0 Å². The van der Waals surface area contributed by atoms with Gasteiger partial charge in [0, 0.05) is 17.7 Å². The molecule has 1 aromatic heterocycles. The molecule has 0 saturated heterocycles. The highest BCUT2D eigenvalue weighted by Crippen LogP contribution is 2.07. The molecule has 0 aliphatic heterocycles. The third kappa shape index (κ3) is 3.09. The van der Waals surface area contributed by atoms with Gasteiger partial charge in [0.1, 0.15) is 0 Å². The highest BCUT2D eigenvalue weighted by Gasteiger charge is 2.11. The van der Waals surface area contributed by atoms with Gasteiger partial charge < -0.3 is 0 Å². The number of hydrogen-bond acceptors (Lipinski definition) is 3. The summed E-state index contributed by atoms with van der Waals surface area (Å²) in [5, 5.41) is 2.45. The Morgan fingerprint density at radius 1 is 1.05 bits per heavy atom. The Morgan fingerprint density at radius 2 is 1.77 bits per heavy atom. The number of aromatic nitrogens is 2. The smallest absolute Gasteiger partial charge is 0.289 e. The number of allylic oxidation sites excluding steroid dienone is 1.